The van der Waals surface area contributed by atoms with E-state index >= 15 is 0 Å². The predicted molar refractivity (Wildman–Crippen MR) is 73.7 cm³/mol. The highest BCUT2D eigenvalue weighted by atomic mass is 16.3. The topological polar surface area (TPSA) is 57.6 Å². The van der Waals surface area contributed by atoms with Gasteiger partial charge in [0.05, 0.1) is 6.61 Å². The molecule has 1 atom stereocenters. The Morgan fingerprint density at radius 1 is 1.26 bits per heavy atom. The van der Waals surface area contributed by atoms with E-state index < -0.39 is 5.92 Å². The number of carbonyl (C=O) groups excluding carboxylic acids is 2. The van der Waals surface area contributed by atoms with E-state index in [0.717, 1.165) is 5.56 Å². The Morgan fingerprint density at radius 3 is 2.42 bits per heavy atom. The van der Waals surface area contributed by atoms with Gasteiger partial charge in [0.15, 0.2) is 0 Å². The second-order valence-electron chi connectivity index (χ2n) is 4.55. The average molecular weight is 263 g/mol. The number of aliphatic hydroxyl groups excluding tert-OH is 1. The summed E-state index contributed by atoms with van der Waals surface area (Å²) in [5.74, 6) is -0.924. The molecule has 19 heavy (non-hydrogen) atoms. The number of likely N-dealkylation sites (N-methyl/N-ethyl adjacent to an activating group) is 1. The molecule has 1 unspecified atom stereocenters. The van der Waals surface area contributed by atoms with Gasteiger partial charge in [0.1, 0.15) is 11.7 Å². The number of ketones is 1. The molecule has 4 heteroatoms. The van der Waals surface area contributed by atoms with Crippen LogP contribution in [0.4, 0.5) is 0 Å². The van der Waals surface area contributed by atoms with Crippen LogP contribution in [-0.2, 0) is 16.0 Å². The summed E-state index contributed by atoms with van der Waals surface area (Å²) in [6, 6.07) is 9.51. The van der Waals surface area contributed by atoms with Crippen LogP contribution < -0.4 is 0 Å². The molecular formula is C15H21NO3. The van der Waals surface area contributed by atoms with Crippen LogP contribution in [0.3, 0.4) is 0 Å². The van der Waals surface area contributed by atoms with Gasteiger partial charge in [-0.25, -0.2) is 0 Å². The molecule has 0 aliphatic rings. The van der Waals surface area contributed by atoms with E-state index in [1.165, 1.54) is 4.90 Å². The van der Waals surface area contributed by atoms with Crippen LogP contribution in [0.25, 0.3) is 0 Å². The molecule has 0 fully saturated rings. The Balaban J connectivity index is 2.83. The van der Waals surface area contributed by atoms with Crippen LogP contribution in [0, 0.1) is 5.92 Å². The van der Waals surface area contributed by atoms with Crippen molar-refractivity contribution in [3.8, 4) is 0 Å². The fraction of sp³-hybridized carbons (Fsp3) is 0.467. The van der Waals surface area contributed by atoms with E-state index in [9.17, 15) is 9.59 Å². The number of hydrogen-bond acceptors (Lipinski definition) is 3. The number of carbonyl (C=O) groups is 2. The number of hydrogen-bond donors (Lipinski definition) is 1. The lowest BCUT2D eigenvalue weighted by atomic mass is 9.92. The molecule has 1 aromatic carbocycles. The number of aliphatic hydroxyl groups is 1. The quantitative estimate of drug-likeness (QED) is 0.754. The number of Topliss-reactive ketones (excluding diaryl/α,β-unsaturated/α-hetero) is 1. The molecule has 0 radical (unpaired) electrons. The van der Waals surface area contributed by atoms with E-state index in [0.29, 0.717) is 12.8 Å². The molecule has 0 aliphatic carbocycles. The number of benzene rings is 1. The Hall–Kier alpha value is -1.68. The molecule has 4 nitrogen and oxygen atoms in total. The highest BCUT2D eigenvalue weighted by Crippen LogP contribution is 2.14. The van der Waals surface area contributed by atoms with E-state index in [1.54, 1.807) is 14.0 Å². The lowest BCUT2D eigenvalue weighted by Gasteiger charge is -2.22. The summed E-state index contributed by atoms with van der Waals surface area (Å²) in [4.78, 5) is 25.6. The Labute approximate surface area is 114 Å². The van der Waals surface area contributed by atoms with Gasteiger partial charge in [-0.15, -0.1) is 0 Å². The minimum atomic E-state index is -0.649. The molecule has 0 aromatic heterocycles. The zero-order valence-electron chi connectivity index (χ0n) is 11.5. The minimum absolute atomic E-state index is 0.0568. The summed E-state index contributed by atoms with van der Waals surface area (Å²) in [6.07, 6.45) is 0.762. The molecular weight excluding hydrogens is 242 g/mol. The normalized spacial score (nSPS) is 11.9. The first-order valence-corrected chi connectivity index (χ1v) is 6.52. The van der Waals surface area contributed by atoms with Crippen LogP contribution in [0.15, 0.2) is 30.3 Å². The maximum absolute atomic E-state index is 12.2. The Bertz CT molecular complexity index is 417. The SMILES string of the molecule is CCC(=O)C(Cc1ccccc1)C(=O)N(C)CCO. The Kier molecular flexibility index (Phi) is 6.22. The van der Waals surface area contributed by atoms with E-state index in [4.69, 9.17) is 5.11 Å². The van der Waals surface area contributed by atoms with E-state index in [1.807, 2.05) is 30.3 Å². The zero-order valence-corrected chi connectivity index (χ0v) is 11.5. The van der Waals surface area contributed by atoms with Crippen molar-refractivity contribution in [1.29, 1.82) is 0 Å². The third-order valence-electron chi connectivity index (χ3n) is 3.13. The molecule has 0 heterocycles. The van der Waals surface area contributed by atoms with Crippen molar-refractivity contribution in [2.45, 2.75) is 19.8 Å². The van der Waals surface area contributed by atoms with Crippen LogP contribution >= 0.6 is 0 Å². The molecule has 1 N–H and O–H groups in total. The van der Waals surface area contributed by atoms with Crippen molar-refractivity contribution >= 4 is 11.7 Å². The fourth-order valence-corrected chi connectivity index (χ4v) is 1.96. The van der Waals surface area contributed by atoms with Crippen molar-refractivity contribution < 1.29 is 14.7 Å². The van der Waals surface area contributed by atoms with Crippen molar-refractivity contribution in [1.82, 2.24) is 4.90 Å². The van der Waals surface area contributed by atoms with Gasteiger partial charge < -0.3 is 10.0 Å². The fourth-order valence-electron chi connectivity index (χ4n) is 1.96. The third-order valence-corrected chi connectivity index (χ3v) is 3.13. The molecule has 104 valence electrons. The first kappa shape index (κ1) is 15.4. The average Bonchev–Trinajstić information content (AvgIpc) is 2.44. The second kappa shape index (κ2) is 7.69. The molecule has 1 aromatic rings. The van der Waals surface area contributed by atoms with Crippen molar-refractivity contribution in [2.24, 2.45) is 5.92 Å². The predicted octanol–water partition coefficient (Wildman–Crippen LogP) is 1.28. The first-order chi connectivity index (χ1) is 9.10. The van der Waals surface area contributed by atoms with Crippen LogP contribution in [-0.4, -0.2) is 41.9 Å². The van der Waals surface area contributed by atoms with Gasteiger partial charge in [0.25, 0.3) is 0 Å². The van der Waals surface area contributed by atoms with Gasteiger partial charge in [-0.05, 0) is 12.0 Å². The third kappa shape index (κ3) is 4.48. The van der Waals surface area contributed by atoms with Crippen molar-refractivity contribution in [3.05, 3.63) is 35.9 Å². The molecule has 1 rings (SSSR count). The van der Waals surface area contributed by atoms with Crippen LogP contribution in [0.1, 0.15) is 18.9 Å². The van der Waals surface area contributed by atoms with Gasteiger partial charge in [0.2, 0.25) is 5.91 Å². The van der Waals surface area contributed by atoms with Gasteiger partial charge in [-0.2, -0.15) is 0 Å². The minimum Gasteiger partial charge on any atom is -0.395 e. The molecule has 0 saturated heterocycles. The molecule has 0 aliphatic heterocycles. The first-order valence-electron chi connectivity index (χ1n) is 6.52. The van der Waals surface area contributed by atoms with E-state index in [-0.39, 0.29) is 24.8 Å². The van der Waals surface area contributed by atoms with Gasteiger partial charge in [-0.1, -0.05) is 37.3 Å². The molecule has 0 saturated carbocycles. The van der Waals surface area contributed by atoms with Crippen LogP contribution in [0.5, 0.6) is 0 Å². The summed E-state index contributed by atoms with van der Waals surface area (Å²) >= 11 is 0. The summed E-state index contributed by atoms with van der Waals surface area (Å²) in [5.41, 5.74) is 0.972. The highest BCUT2D eigenvalue weighted by Gasteiger charge is 2.27. The maximum atomic E-state index is 12.2. The van der Waals surface area contributed by atoms with Crippen molar-refractivity contribution in [3.63, 3.8) is 0 Å². The van der Waals surface area contributed by atoms with E-state index in [2.05, 4.69) is 0 Å². The highest BCUT2D eigenvalue weighted by molar-refractivity contribution is 6.01. The standard InChI is InChI=1S/C15H21NO3/c1-3-14(18)13(15(19)16(2)9-10-17)11-12-7-5-4-6-8-12/h4-8,13,17H,3,9-11H2,1-2H3. The van der Waals surface area contributed by atoms with Gasteiger partial charge >= 0.3 is 0 Å². The van der Waals surface area contributed by atoms with Gasteiger partial charge in [0, 0.05) is 20.0 Å². The van der Waals surface area contributed by atoms with Gasteiger partial charge in [-0.3, -0.25) is 9.59 Å². The second-order valence-corrected chi connectivity index (χ2v) is 4.55. The molecule has 0 bridgehead atoms. The molecule has 1 amide bonds. The zero-order chi connectivity index (χ0) is 14.3. The molecule has 0 spiro atoms. The summed E-state index contributed by atoms with van der Waals surface area (Å²) in [7, 11) is 1.61. The van der Waals surface area contributed by atoms with Crippen molar-refractivity contribution in [2.75, 3.05) is 20.2 Å². The lowest BCUT2D eigenvalue weighted by Crippen LogP contribution is -2.39. The lowest BCUT2D eigenvalue weighted by molar-refractivity contribution is -0.140. The number of nitrogens with zero attached hydrogens (tertiary/aromatic N) is 1. The smallest absolute Gasteiger partial charge is 0.233 e. The summed E-state index contributed by atoms with van der Waals surface area (Å²) < 4.78 is 0. The number of amides is 1. The summed E-state index contributed by atoms with van der Waals surface area (Å²) in [6.45, 7) is 1.92. The summed E-state index contributed by atoms with van der Waals surface area (Å²) in [5, 5.41) is 8.87. The monoisotopic (exact) mass is 263 g/mol. The largest absolute Gasteiger partial charge is 0.395 e. The number of rotatable bonds is 7. The van der Waals surface area contributed by atoms with Crippen LogP contribution in [0.2, 0.25) is 0 Å². The Morgan fingerprint density at radius 2 is 1.89 bits per heavy atom. The maximum Gasteiger partial charge on any atom is 0.233 e.